The van der Waals surface area contributed by atoms with Gasteiger partial charge in [0.15, 0.2) is 0 Å². The molecule has 124 valence electrons. The average Bonchev–Trinajstić information content (AvgIpc) is 3.16. The second-order valence-electron chi connectivity index (χ2n) is 5.73. The van der Waals surface area contributed by atoms with Crippen molar-refractivity contribution in [1.29, 1.82) is 0 Å². The zero-order valence-corrected chi connectivity index (χ0v) is 15.7. The van der Waals surface area contributed by atoms with Gasteiger partial charge < -0.3 is 9.47 Å². The van der Waals surface area contributed by atoms with Crippen molar-refractivity contribution in [1.82, 2.24) is 4.57 Å². The molecule has 0 saturated carbocycles. The maximum Gasteiger partial charge on any atom is 0.0488 e. The van der Waals surface area contributed by atoms with E-state index in [2.05, 4.69) is 78.0 Å². The van der Waals surface area contributed by atoms with Crippen LogP contribution >= 0.6 is 11.8 Å². The first kappa shape index (κ1) is 16.7. The Labute approximate surface area is 148 Å². The van der Waals surface area contributed by atoms with Gasteiger partial charge >= 0.3 is 0 Å². The van der Waals surface area contributed by atoms with E-state index in [9.17, 15) is 0 Å². The second kappa shape index (κ2) is 6.78. The fourth-order valence-corrected chi connectivity index (χ4v) is 3.62. The van der Waals surface area contributed by atoms with Crippen molar-refractivity contribution in [3.63, 3.8) is 0 Å². The third-order valence-electron chi connectivity index (χ3n) is 4.46. The van der Waals surface area contributed by atoms with Crippen molar-refractivity contribution in [2.45, 2.75) is 25.3 Å². The minimum Gasteiger partial charge on any atom is -0.351 e. The fraction of sp³-hybridized carbons (Fsp3) is 0.238. The zero-order valence-electron chi connectivity index (χ0n) is 14.8. The molecule has 0 radical (unpaired) electrons. The highest BCUT2D eigenvalue weighted by atomic mass is 32.2. The molecule has 0 aliphatic carbocycles. The van der Waals surface area contributed by atoms with Gasteiger partial charge in [-0.15, -0.1) is 11.8 Å². The minimum atomic E-state index is 0.904. The van der Waals surface area contributed by atoms with Crippen LogP contribution in [0.4, 0.5) is 5.69 Å². The molecule has 1 aliphatic rings. The Kier molecular flexibility index (Phi) is 4.72. The third-order valence-corrected chi connectivity index (χ3v) is 5.19. The molecular formula is C21H24N2S. The molecule has 0 saturated heterocycles. The molecular weight excluding hydrogens is 312 g/mol. The van der Waals surface area contributed by atoms with Crippen LogP contribution < -0.4 is 4.90 Å². The van der Waals surface area contributed by atoms with Gasteiger partial charge in [0.05, 0.1) is 0 Å². The minimum absolute atomic E-state index is 0.904. The summed E-state index contributed by atoms with van der Waals surface area (Å²) in [6, 6.07) is 15.5. The number of nitrogens with zero attached hydrogens (tertiary/aromatic N) is 2. The first-order valence-corrected chi connectivity index (χ1v) is 9.58. The maximum atomic E-state index is 4.33. The third kappa shape index (κ3) is 2.73. The number of aromatic nitrogens is 1. The molecule has 2 aromatic carbocycles. The van der Waals surface area contributed by atoms with E-state index >= 15 is 0 Å². The van der Waals surface area contributed by atoms with Crippen LogP contribution in [0.2, 0.25) is 0 Å². The number of fused-ring (bicyclic) bond motifs is 2. The summed E-state index contributed by atoms with van der Waals surface area (Å²) in [5.74, 6) is 0. The Balaban J connectivity index is 0.000000815. The van der Waals surface area contributed by atoms with E-state index in [1.54, 1.807) is 11.8 Å². The molecule has 1 aromatic heterocycles. The monoisotopic (exact) mass is 336 g/mol. The van der Waals surface area contributed by atoms with Crippen LogP contribution in [0.15, 0.2) is 60.1 Å². The number of anilines is 1. The lowest BCUT2D eigenvalue weighted by atomic mass is 10.1. The smallest absolute Gasteiger partial charge is 0.0488 e. The van der Waals surface area contributed by atoms with Gasteiger partial charge in [0.25, 0.3) is 0 Å². The average molecular weight is 337 g/mol. The van der Waals surface area contributed by atoms with Crippen molar-refractivity contribution in [2.24, 2.45) is 7.05 Å². The van der Waals surface area contributed by atoms with Gasteiger partial charge in [-0.3, -0.25) is 0 Å². The summed E-state index contributed by atoms with van der Waals surface area (Å²) in [5.41, 5.74) is 6.21. The summed E-state index contributed by atoms with van der Waals surface area (Å²) in [7, 11) is 2.08. The highest BCUT2D eigenvalue weighted by Crippen LogP contribution is 2.38. The topological polar surface area (TPSA) is 8.17 Å². The van der Waals surface area contributed by atoms with Gasteiger partial charge in [0, 0.05) is 52.5 Å². The summed E-state index contributed by atoms with van der Waals surface area (Å²) in [6.45, 7) is 9.23. The van der Waals surface area contributed by atoms with Gasteiger partial charge in [-0.05, 0) is 48.2 Å². The quantitative estimate of drug-likeness (QED) is 0.537. The molecule has 2 nitrogen and oxygen atoms in total. The lowest BCUT2D eigenvalue weighted by molar-refractivity contribution is 0.968. The van der Waals surface area contributed by atoms with Crippen LogP contribution in [0.5, 0.6) is 0 Å². The van der Waals surface area contributed by atoms with Crippen LogP contribution in [-0.4, -0.2) is 10.8 Å². The van der Waals surface area contributed by atoms with E-state index in [-0.39, 0.29) is 0 Å². The molecule has 3 heteroatoms. The number of benzene rings is 2. The molecule has 24 heavy (non-hydrogen) atoms. The van der Waals surface area contributed by atoms with Gasteiger partial charge in [0.2, 0.25) is 0 Å². The number of hydrogen-bond donors (Lipinski definition) is 0. The van der Waals surface area contributed by atoms with E-state index in [0.29, 0.717) is 0 Å². The Morgan fingerprint density at radius 3 is 2.58 bits per heavy atom. The molecule has 0 spiro atoms. The number of hydrogen-bond acceptors (Lipinski definition) is 2. The summed E-state index contributed by atoms with van der Waals surface area (Å²) in [4.78, 5) is 3.60. The first-order valence-electron chi connectivity index (χ1n) is 8.36. The van der Waals surface area contributed by atoms with E-state index < -0.39 is 0 Å². The maximum absolute atomic E-state index is 4.33. The standard InChI is InChI=1S/C19H18N2S.C2H6/c1-13-18-11-17(22-3)6-4-15(18)12-21(13)16-5-7-19-14(10-16)8-9-20(19)2;1-2/h4-11H,1,12H2,2-3H3;1-2H3. The SMILES string of the molecule is C=C1c2cc(SC)ccc2CN1c1ccc2c(ccn2C)c1.CC. The highest BCUT2D eigenvalue weighted by Gasteiger charge is 2.23. The summed E-state index contributed by atoms with van der Waals surface area (Å²) < 4.78 is 2.15. The van der Waals surface area contributed by atoms with Crippen LogP contribution in [0.3, 0.4) is 0 Å². The van der Waals surface area contributed by atoms with Crippen molar-refractivity contribution in [3.8, 4) is 0 Å². The summed E-state index contributed by atoms with van der Waals surface area (Å²) in [5, 5.41) is 1.27. The Morgan fingerprint density at radius 2 is 1.83 bits per heavy atom. The van der Waals surface area contributed by atoms with Gasteiger partial charge in [-0.25, -0.2) is 0 Å². The van der Waals surface area contributed by atoms with Crippen molar-refractivity contribution < 1.29 is 0 Å². The second-order valence-corrected chi connectivity index (χ2v) is 6.61. The van der Waals surface area contributed by atoms with Crippen molar-refractivity contribution >= 4 is 34.0 Å². The van der Waals surface area contributed by atoms with Crippen LogP contribution in [-0.2, 0) is 13.6 Å². The Hall–Kier alpha value is -2.13. The molecule has 0 N–H and O–H groups in total. The largest absolute Gasteiger partial charge is 0.351 e. The number of aryl methyl sites for hydroxylation is 1. The predicted octanol–water partition coefficient (Wildman–Crippen LogP) is 5.92. The molecule has 3 aromatic rings. The van der Waals surface area contributed by atoms with Gasteiger partial charge in [0.1, 0.15) is 0 Å². The predicted molar refractivity (Wildman–Crippen MR) is 108 cm³/mol. The van der Waals surface area contributed by atoms with E-state index in [4.69, 9.17) is 0 Å². The van der Waals surface area contributed by atoms with Crippen molar-refractivity contribution in [2.75, 3.05) is 11.2 Å². The zero-order chi connectivity index (χ0) is 17.3. The molecule has 0 fully saturated rings. The molecule has 1 aliphatic heterocycles. The first-order chi connectivity index (χ1) is 11.7. The Morgan fingerprint density at radius 1 is 1.04 bits per heavy atom. The van der Waals surface area contributed by atoms with E-state index in [0.717, 1.165) is 12.2 Å². The van der Waals surface area contributed by atoms with Gasteiger partial charge in [-0.2, -0.15) is 0 Å². The van der Waals surface area contributed by atoms with Crippen LogP contribution in [0.1, 0.15) is 25.0 Å². The van der Waals surface area contributed by atoms with Gasteiger partial charge in [-0.1, -0.05) is 26.5 Å². The number of rotatable bonds is 2. The lowest BCUT2D eigenvalue weighted by Crippen LogP contribution is -2.12. The number of thioether (sulfide) groups is 1. The molecule has 0 bridgehead atoms. The Bertz CT molecular complexity index is 892. The van der Waals surface area contributed by atoms with Crippen LogP contribution in [0, 0.1) is 0 Å². The highest BCUT2D eigenvalue weighted by molar-refractivity contribution is 7.98. The molecule has 0 unspecified atom stereocenters. The van der Waals surface area contributed by atoms with Crippen molar-refractivity contribution in [3.05, 3.63) is 66.4 Å². The lowest BCUT2D eigenvalue weighted by Gasteiger charge is -2.19. The molecule has 0 amide bonds. The normalized spacial score (nSPS) is 13.0. The molecule has 0 atom stereocenters. The summed E-state index contributed by atoms with van der Waals surface area (Å²) >= 11 is 1.78. The van der Waals surface area contributed by atoms with E-state index in [1.165, 1.54) is 32.6 Å². The van der Waals surface area contributed by atoms with E-state index in [1.807, 2.05) is 13.8 Å². The molecule has 2 heterocycles. The van der Waals surface area contributed by atoms with Crippen LogP contribution in [0.25, 0.3) is 16.6 Å². The molecule has 4 rings (SSSR count). The fourth-order valence-electron chi connectivity index (χ4n) is 3.18. The summed E-state index contributed by atoms with van der Waals surface area (Å²) in [6.07, 6.45) is 4.22.